The Balaban J connectivity index is 1.95. The van der Waals surface area contributed by atoms with Gasteiger partial charge in [-0.3, -0.25) is 4.79 Å². The molecule has 19 heavy (non-hydrogen) atoms. The molecule has 0 spiro atoms. The molecule has 3 nitrogen and oxygen atoms in total. The molecule has 1 aromatic rings. The molecule has 0 aliphatic carbocycles. The van der Waals surface area contributed by atoms with E-state index in [1.54, 1.807) is 0 Å². The van der Waals surface area contributed by atoms with Gasteiger partial charge in [0.15, 0.2) is 0 Å². The van der Waals surface area contributed by atoms with Gasteiger partial charge in [-0.15, -0.1) is 0 Å². The lowest BCUT2D eigenvalue weighted by Gasteiger charge is -2.26. The van der Waals surface area contributed by atoms with Crippen molar-refractivity contribution in [1.29, 1.82) is 0 Å². The van der Waals surface area contributed by atoms with Gasteiger partial charge in [-0.25, -0.2) is 0 Å². The lowest BCUT2D eigenvalue weighted by Crippen LogP contribution is -2.41. The highest BCUT2D eigenvalue weighted by Crippen LogP contribution is 2.25. The average Bonchev–Trinajstić information content (AvgIpc) is 2.90. The summed E-state index contributed by atoms with van der Waals surface area (Å²) in [5.41, 5.74) is 0.965. The first-order valence-electron chi connectivity index (χ1n) is 6.64. The smallest absolute Gasteiger partial charge is 0.249 e. The van der Waals surface area contributed by atoms with Crippen LogP contribution in [-0.4, -0.2) is 25.2 Å². The monoisotopic (exact) mass is 281 g/mol. The predicted octanol–water partition coefficient (Wildman–Crippen LogP) is 2.91. The molecule has 1 heterocycles. The first-order chi connectivity index (χ1) is 8.99. The number of rotatable bonds is 4. The molecule has 0 aromatic heterocycles. The zero-order valence-corrected chi connectivity index (χ0v) is 12.2. The highest BCUT2D eigenvalue weighted by molar-refractivity contribution is 6.30. The summed E-state index contributed by atoms with van der Waals surface area (Å²) in [4.78, 5) is 11.9. The van der Waals surface area contributed by atoms with E-state index in [0.29, 0.717) is 13.2 Å². The third kappa shape index (κ3) is 3.71. The number of amides is 1. The fraction of sp³-hybridized carbons (Fsp3) is 0.533. The Hall–Kier alpha value is -1.06. The van der Waals surface area contributed by atoms with Gasteiger partial charge in [-0.1, -0.05) is 37.6 Å². The number of carbonyl (C=O) groups excluding carboxylic acids is 1. The van der Waals surface area contributed by atoms with Crippen LogP contribution in [0.3, 0.4) is 0 Å². The van der Waals surface area contributed by atoms with Gasteiger partial charge in [0.25, 0.3) is 0 Å². The molecule has 1 atom stereocenters. The van der Waals surface area contributed by atoms with Crippen molar-refractivity contribution < 1.29 is 9.53 Å². The fourth-order valence-electron chi connectivity index (χ4n) is 2.22. The highest BCUT2D eigenvalue weighted by Gasteiger charge is 2.26. The molecule has 1 N–H and O–H groups in total. The fourth-order valence-corrected chi connectivity index (χ4v) is 2.41. The molecular weight excluding hydrogens is 262 g/mol. The molecule has 0 bridgehead atoms. The summed E-state index contributed by atoms with van der Waals surface area (Å²) in [7, 11) is 0. The molecule has 1 aromatic carbocycles. The lowest BCUT2D eigenvalue weighted by molar-refractivity contribution is -0.130. The summed E-state index contributed by atoms with van der Waals surface area (Å²) >= 11 is 6.01. The molecule has 1 aliphatic rings. The van der Waals surface area contributed by atoms with Gasteiger partial charge in [-0.2, -0.15) is 0 Å². The summed E-state index contributed by atoms with van der Waals surface area (Å²) in [6, 6.07) is 7.76. The van der Waals surface area contributed by atoms with E-state index in [4.69, 9.17) is 16.3 Å². The Kier molecular flexibility index (Phi) is 4.48. The van der Waals surface area contributed by atoms with Crippen molar-refractivity contribution in [1.82, 2.24) is 5.32 Å². The van der Waals surface area contributed by atoms with Crippen LogP contribution in [0.2, 0.25) is 5.02 Å². The molecular formula is C15H20ClNO2. The molecule has 104 valence electrons. The molecule has 1 unspecified atom stereocenters. The summed E-state index contributed by atoms with van der Waals surface area (Å²) in [5.74, 6) is -0.00685. The molecule has 1 saturated heterocycles. The van der Waals surface area contributed by atoms with Crippen molar-refractivity contribution in [2.24, 2.45) is 0 Å². The van der Waals surface area contributed by atoms with Crippen LogP contribution in [0.5, 0.6) is 0 Å². The minimum Gasteiger partial charge on any atom is -0.368 e. The maximum Gasteiger partial charge on any atom is 0.249 e. The summed E-state index contributed by atoms with van der Waals surface area (Å²) < 4.78 is 5.37. The van der Waals surface area contributed by atoms with E-state index in [-0.39, 0.29) is 17.4 Å². The maximum absolute atomic E-state index is 11.9. The Morgan fingerprint density at radius 3 is 2.95 bits per heavy atom. The van der Waals surface area contributed by atoms with Gasteiger partial charge in [0.2, 0.25) is 5.91 Å². The summed E-state index contributed by atoms with van der Waals surface area (Å²) in [6.07, 6.45) is 1.52. The second-order valence-electron chi connectivity index (χ2n) is 5.61. The van der Waals surface area contributed by atoms with Crippen LogP contribution in [0.15, 0.2) is 24.3 Å². The Morgan fingerprint density at radius 2 is 2.32 bits per heavy atom. The molecule has 1 fully saturated rings. The lowest BCUT2D eigenvalue weighted by atomic mass is 9.84. The zero-order chi connectivity index (χ0) is 13.9. The topological polar surface area (TPSA) is 38.3 Å². The SMILES string of the molecule is CC(C)(CNC(=O)C1CCCO1)c1cccc(Cl)c1. The second-order valence-corrected chi connectivity index (χ2v) is 6.05. The standard InChI is InChI=1S/C15H20ClNO2/c1-15(2,11-5-3-6-12(16)9-11)10-17-14(18)13-7-4-8-19-13/h3,5-6,9,13H,4,7-8,10H2,1-2H3,(H,17,18). The van der Waals surface area contributed by atoms with Gasteiger partial charge in [0.05, 0.1) is 0 Å². The van der Waals surface area contributed by atoms with E-state index in [1.165, 1.54) is 0 Å². The number of nitrogens with one attached hydrogen (secondary N) is 1. The maximum atomic E-state index is 11.9. The number of benzene rings is 1. The highest BCUT2D eigenvalue weighted by atomic mass is 35.5. The first-order valence-corrected chi connectivity index (χ1v) is 7.02. The van der Waals surface area contributed by atoms with Crippen LogP contribution in [0, 0.1) is 0 Å². The van der Waals surface area contributed by atoms with E-state index >= 15 is 0 Å². The molecule has 0 radical (unpaired) electrons. The summed E-state index contributed by atoms with van der Waals surface area (Å²) in [6.45, 7) is 5.45. The van der Waals surface area contributed by atoms with Crippen molar-refractivity contribution >= 4 is 17.5 Å². The van der Waals surface area contributed by atoms with Gasteiger partial charge in [-0.05, 0) is 30.5 Å². The third-order valence-electron chi connectivity index (χ3n) is 3.53. The van der Waals surface area contributed by atoms with Crippen molar-refractivity contribution in [3.05, 3.63) is 34.9 Å². The van der Waals surface area contributed by atoms with Crippen LogP contribution >= 0.6 is 11.6 Å². The van der Waals surface area contributed by atoms with Crippen LogP contribution in [-0.2, 0) is 14.9 Å². The third-order valence-corrected chi connectivity index (χ3v) is 3.77. The van der Waals surface area contributed by atoms with E-state index in [1.807, 2.05) is 24.3 Å². The number of ether oxygens (including phenoxy) is 1. The molecule has 4 heteroatoms. The number of carbonyl (C=O) groups is 1. The predicted molar refractivity (Wildman–Crippen MR) is 76.5 cm³/mol. The number of hydrogen-bond acceptors (Lipinski definition) is 2. The first kappa shape index (κ1) is 14.4. The minimum absolute atomic E-state index is 0.00685. The van der Waals surface area contributed by atoms with E-state index in [0.717, 1.165) is 23.4 Å². The normalized spacial score (nSPS) is 19.4. The zero-order valence-electron chi connectivity index (χ0n) is 11.4. The minimum atomic E-state index is -0.268. The van der Waals surface area contributed by atoms with Crippen LogP contribution < -0.4 is 5.32 Å². The van der Waals surface area contributed by atoms with Gasteiger partial charge >= 0.3 is 0 Å². The van der Waals surface area contributed by atoms with E-state index < -0.39 is 0 Å². The number of halogens is 1. The Morgan fingerprint density at radius 1 is 1.53 bits per heavy atom. The molecule has 2 rings (SSSR count). The van der Waals surface area contributed by atoms with Crippen molar-refractivity contribution in [3.63, 3.8) is 0 Å². The van der Waals surface area contributed by atoms with Crippen LogP contribution in [0.1, 0.15) is 32.3 Å². The van der Waals surface area contributed by atoms with Gasteiger partial charge in [0.1, 0.15) is 6.10 Å². The average molecular weight is 282 g/mol. The van der Waals surface area contributed by atoms with E-state index in [2.05, 4.69) is 19.2 Å². The Bertz CT molecular complexity index is 453. The van der Waals surface area contributed by atoms with Crippen molar-refractivity contribution in [3.8, 4) is 0 Å². The molecule has 1 aliphatic heterocycles. The molecule has 0 saturated carbocycles. The van der Waals surface area contributed by atoms with Gasteiger partial charge in [0, 0.05) is 23.6 Å². The summed E-state index contributed by atoms with van der Waals surface area (Å²) in [5, 5.41) is 3.69. The van der Waals surface area contributed by atoms with Crippen LogP contribution in [0.4, 0.5) is 0 Å². The molecule has 1 amide bonds. The van der Waals surface area contributed by atoms with Crippen molar-refractivity contribution in [2.45, 2.75) is 38.2 Å². The van der Waals surface area contributed by atoms with Crippen molar-refractivity contribution in [2.75, 3.05) is 13.2 Å². The van der Waals surface area contributed by atoms with E-state index in [9.17, 15) is 4.79 Å². The number of hydrogen-bond donors (Lipinski definition) is 1. The van der Waals surface area contributed by atoms with Gasteiger partial charge < -0.3 is 10.1 Å². The second kappa shape index (κ2) is 5.93. The largest absolute Gasteiger partial charge is 0.368 e. The Labute approximate surface area is 119 Å². The van der Waals surface area contributed by atoms with Crippen LogP contribution in [0.25, 0.3) is 0 Å². The quantitative estimate of drug-likeness (QED) is 0.922.